The molecule has 0 radical (unpaired) electrons. The number of rotatable bonds is 4. The summed E-state index contributed by atoms with van der Waals surface area (Å²) in [5, 5.41) is 20.4. The SMILES string of the molecule is CCOc1ccccc1C1CC(=O)Nc2c1c(C)nn2-c1ccc2nnc(C)n2n1. The number of fused-ring (bicyclic) bond motifs is 2. The Morgan fingerprint density at radius 1 is 1.13 bits per heavy atom. The molecule has 0 spiro atoms. The molecule has 0 fully saturated rings. The van der Waals surface area contributed by atoms with E-state index in [0.29, 0.717) is 36.1 Å². The van der Waals surface area contributed by atoms with E-state index >= 15 is 0 Å². The van der Waals surface area contributed by atoms with E-state index < -0.39 is 0 Å². The molecule has 1 amide bonds. The van der Waals surface area contributed by atoms with Crippen molar-refractivity contribution >= 4 is 17.4 Å². The molecule has 4 heterocycles. The molecule has 1 unspecified atom stereocenters. The van der Waals surface area contributed by atoms with Gasteiger partial charge in [0.25, 0.3) is 0 Å². The Kier molecular flexibility index (Phi) is 4.23. The lowest BCUT2D eigenvalue weighted by molar-refractivity contribution is -0.116. The molecule has 4 aromatic rings. The maximum absolute atomic E-state index is 12.7. The van der Waals surface area contributed by atoms with Crippen LogP contribution in [-0.2, 0) is 4.79 Å². The fourth-order valence-corrected chi connectivity index (χ4v) is 4.03. The van der Waals surface area contributed by atoms with E-state index in [-0.39, 0.29) is 11.8 Å². The Bertz CT molecular complexity index is 1270. The van der Waals surface area contributed by atoms with Crippen LogP contribution < -0.4 is 10.1 Å². The number of hydrogen-bond donors (Lipinski definition) is 1. The highest BCUT2D eigenvalue weighted by molar-refractivity contribution is 5.95. The molecule has 1 atom stereocenters. The van der Waals surface area contributed by atoms with E-state index in [1.54, 1.807) is 9.20 Å². The van der Waals surface area contributed by atoms with Crippen LogP contribution in [0.1, 0.15) is 41.9 Å². The molecule has 1 aromatic carbocycles. The molecule has 152 valence electrons. The third-order valence-corrected chi connectivity index (χ3v) is 5.32. The highest BCUT2D eigenvalue weighted by Gasteiger charge is 2.34. The summed E-state index contributed by atoms with van der Waals surface area (Å²) in [4.78, 5) is 12.7. The molecule has 0 saturated heterocycles. The van der Waals surface area contributed by atoms with Crippen LogP contribution >= 0.6 is 0 Å². The molecule has 1 aliphatic heterocycles. The Hall–Kier alpha value is -3.75. The highest BCUT2D eigenvalue weighted by Crippen LogP contribution is 2.42. The van der Waals surface area contributed by atoms with Crippen LogP contribution in [0.15, 0.2) is 36.4 Å². The summed E-state index contributed by atoms with van der Waals surface area (Å²) in [6.45, 7) is 6.30. The molecule has 30 heavy (non-hydrogen) atoms. The number of nitrogens with zero attached hydrogens (tertiary/aromatic N) is 6. The summed E-state index contributed by atoms with van der Waals surface area (Å²) in [6, 6.07) is 11.5. The van der Waals surface area contributed by atoms with Crippen molar-refractivity contribution in [1.82, 2.24) is 29.6 Å². The number of hydrogen-bond acceptors (Lipinski definition) is 6. The number of para-hydroxylation sites is 1. The Balaban J connectivity index is 1.67. The van der Waals surface area contributed by atoms with E-state index in [1.165, 1.54) is 0 Å². The van der Waals surface area contributed by atoms with Gasteiger partial charge in [-0.1, -0.05) is 18.2 Å². The highest BCUT2D eigenvalue weighted by atomic mass is 16.5. The van der Waals surface area contributed by atoms with Crippen molar-refractivity contribution in [2.24, 2.45) is 0 Å². The number of ether oxygens (including phenoxy) is 1. The molecule has 1 N–H and O–H groups in total. The van der Waals surface area contributed by atoms with Crippen molar-refractivity contribution in [3.8, 4) is 11.6 Å². The van der Waals surface area contributed by atoms with Gasteiger partial charge < -0.3 is 10.1 Å². The molecule has 9 heteroatoms. The number of carbonyl (C=O) groups excluding carboxylic acids is 1. The zero-order chi connectivity index (χ0) is 20.8. The van der Waals surface area contributed by atoms with Crippen molar-refractivity contribution in [2.45, 2.75) is 33.1 Å². The fraction of sp³-hybridized carbons (Fsp3) is 0.286. The second kappa shape index (κ2) is 6.94. The Morgan fingerprint density at radius 2 is 1.97 bits per heavy atom. The van der Waals surface area contributed by atoms with Gasteiger partial charge >= 0.3 is 0 Å². The number of carbonyl (C=O) groups is 1. The van der Waals surface area contributed by atoms with Crippen molar-refractivity contribution in [3.05, 3.63) is 59.0 Å². The summed E-state index contributed by atoms with van der Waals surface area (Å²) < 4.78 is 9.17. The van der Waals surface area contributed by atoms with Gasteiger partial charge in [0.15, 0.2) is 17.3 Å². The van der Waals surface area contributed by atoms with Gasteiger partial charge in [-0.25, -0.2) is 0 Å². The second-order valence-electron chi connectivity index (χ2n) is 7.24. The second-order valence-corrected chi connectivity index (χ2v) is 7.24. The van der Waals surface area contributed by atoms with Crippen LogP contribution in [0, 0.1) is 13.8 Å². The van der Waals surface area contributed by atoms with Crippen LogP contribution in [0.2, 0.25) is 0 Å². The van der Waals surface area contributed by atoms with Gasteiger partial charge in [0, 0.05) is 23.5 Å². The lowest BCUT2D eigenvalue weighted by Gasteiger charge is -2.25. The van der Waals surface area contributed by atoms with Crippen molar-refractivity contribution < 1.29 is 9.53 Å². The topological polar surface area (TPSA) is 99.2 Å². The summed E-state index contributed by atoms with van der Waals surface area (Å²) in [7, 11) is 0. The fourth-order valence-electron chi connectivity index (χ4n) is 4.03. The minimum atomic E-state index is -0.148. The van der Waals surface area contributed by atoms with Gasteiger partial charge in [0.2, 0.25) is 5.91 Å². The Labute approximate surface area is 172 Å². The monoisotopic (exact) mass is 403 g/mol. The van der Waals surface area contributed by atoms with E-state index in [2.05, 4.69) is 20.6 Å². The standard InChI is InChI=1S/C21H21N7O2/c1-4-30-16-8-6-5-7-14(16)15-11-19(29)22-21-20(15)12(2)25-28(21)18-10-9-17-24-23-13(3)27(17)26-18/h5-10,15H,4,11H2,1-3H3,(H,22,29). The number of aryl methyl sites for hydroxylation is 2. The smallest absolute Gasteiger partial charge is 0.226 e. The maximum atomic E-state index is 12.7. The zero-order valence-corrected chi connectivity index (χ0v) is 17.0. The van der Waals surface area contributed by atoms with E-state index in [1.807, 2.05) is 57.2 Å². The number of nitrogens with one attached hydrogen (secondary N) is 1. The number of aromatic nitrogens is 6. The lowest BCUT2D eigenvalue weighted by Crippen LogP contribution is -2.25. The first-order valence-electron chi connectivity index (χ1n) is 9.87. The molecule has 5 rings (SSSR count). The molecule has 3 aromatic heterocycles. The first-order chi connectivity index (χ1) is 14.6. The number of anilines is 1. The average Bonchev–Trinajstić information content (AvgIpc) is 3.28. The zero-order valence-electron chi connectivity index (χ0n) is 17.0. The summed E-state index contributed by atoms with van der Waals surface area (Å²) in [6.07, 6.45) is 0.334. The molecule has 0 bridgehead atoms. The third kappa shape index (κ3) is 2.81. The predicted octanol–water partition coefficient (Wildman–Crippen LogP) is 2.80. The van der Waals surface area contributed by atoms with Crippen LogP contribution in [0.4, 0.5) is 5.82 Å². The molecule has 1 aliphatic rings. The number of amides is 1. The van der Waals surface area contributed by atoms with E-state index in [0.717, 1.165) is 22.6 Å². The van der Waals surface area contributed by atoms with E-state index in [9.17, 15) is 4.79 Å². The van der Waals surface area contributed by atoms with Gasteiger partial charge in [-0.15, -0.1) is 15.3 Å². The maximum Gasteiger partial charge on any atom is 0.226 e. The predicted molar refractivity (Wildman–Crippen MR) is 110 cm³/mol. The van der Waals surface area contributed by atoms with Gasteiger partial charge in [-0.3, -0.25) is 4.79 Å². The van der Waals surface area contributed by atoms with Crippen molar-refractivity contribution in [1.29, 1.82) is 0 Å². The molecule has 0 aliphatic carbocycles. The van der Waals surface area contributed by atoms with Crippen LogP contribution in [0.3, 0.4) is 0 Å². The first-order valence-corrected chi connectivity index (χ1v) is 9.87. The quantitative estimate of drug-likeness (QED) is 0.563. The van der Waals surface area contributed by atoms with Gasteiger partial charge in [0.05, 0.1) is 12.3 Å². The minimum absolute atomic E-state index is 0.0680. The Morgan fingerprint density at radius 3 is 2.80 bits per heavy atom. The summed E-state index contributed by atoms with van der Waals surface area (Å²) in [5.41, 5.74) is 3.45. The number of benzene rings is 1. The molecular formula is C21H21N7O2. The molecule has 9 nitrogen and oxygen atoms in total. The normalized spacial score (nSPS) is 15.8. The average molecular weight is 403 g/mol. The summed E-state index contributed by atoms with van der Waals surface area (Å²) in [5.74, 6) is 2.47. The third-order valence-electron chi connectivity index (χ3n) is 5.32. The molecular weight excluding hydrogens is 382 g/mol. The van der Waals surface area contributed by atoms with Crippen LogP contribution in [-0.4, -0.2) is 42.1 Å². The van der Waals surface area contributed by atoms with Gasteiger partial charge in [0.1, 0.15) is 11.6 Å². The van der Waals surface area contributed by atoms with Crippen LogP contribution in [0.25, 0.3) is 11.5 Å². The van der Waals surface area contributed by atoms with Crippen molar-refractivity contribution in [3.63, 3.8) is 0 Å². The lowest BCUT2D eigenvalue weighted by atomic mass is 9.85. The first kappa shape index (κ1) is 18.3. The van der Waals surface area contributed by atoms with E-state index in [4.69, 9.17) is 9.84 Å². The molecule has 0 saturated carbocycles. The summed E-state index contributed by atoms with van der Waals surface area (Å²) >= 11 is 0. The van der Waals surface area contributed by atoms with Crippen molar-refractivity contribution in [2.75, 3.05) is 11.9 Å². The largest absolute Gasteiger partial charge is 0.494 e. The van der Waals surface area contributed by atoms with Gasteiger partial charge in [-0.2, -0.15) is 14.3 Å². The van der Waals surface area contributed by atoms with Crippen LogP contribution in [0.5, 0.6) is 5.75 Å². The van der Waals surface area contributed by atoms with Gasteiger partial charge in [-0.05, 0) is 39.0 Å². The minimum Gasteiger partial charge on any atom is -0.494 e.